The molecule has 0 aromatic carbocycles. The van der Waals surface area contributed by atoms with Crippen LogP contribution >= 0.6 is 0 Å². The van der Waals surface area contributed by atoms with Crippen LogP contribution in [0.3, 0.4) is 0 Å². The molecule has 28 heavy (non-hydrogen) atoms. The number of urea groups is 1. The van der Waals surface area contributed by atoms with Gasteiger partial charge in [0.1, 0.15) is 0 Å². The number of pyridine rings is 2. The zero-order valence-corrected chi connectivity index (χ0v) is 15.0. The molecule has 3 heterocycles. The van der Waals surface area contributed by atoms with Crippen molar-refractivity contribution in [3.8, 4) is 5.88 Å². The van der Waals surface area contributed by atoms with Gasteiger partial charge in [-0.25, -0.2) is 14.8 Å². The SMILES string of the molecule is Cc1nn(C)c2ncc(NC(=O)NCc3cccnc3OCC(F)(F)F)cc12. The van der Waals surface area contributed by atoms with Gasteiger partial charge in [0, 0.05) is 30.7 Å². The second kappa shape index (κ2) is 7.71. The monoisotopic (exact) mass is 394 g/mol. The summed E-state index contributed by atoms with van der Waals surface area (Å²) in [6, 6.07) is 4.25. The first-order valence-corrected chi connectivity index (χ1v) is 8.20. The Balaban J connectivity index is 1.63. The Kier molecular flexibility index (Phi) is 5.34. The molecule has 3 aromatic rings. The van der Waals surface area contributed by atoms with Crippen LogP contribution in [0.4, 0.5) is 23.7 Å². The van der Waals surface area contributed by atoms with Gasteiger partial charge in [-0.05, 0) is 19.1 Å². The Morgan fingerprint density at radius 1 is 1.32 bits per heavy atom. The molecule has 0 saturated heterocycles. The van der Waals surface area contributed by atoms with E-state index in [4.69, 9.17) is 0 Å². The van der Waals surface area contributed by atoms with Crippen molar-refractivity contribution in [3.63, 3.8) is 0 Å². The van der Waals surface area contributed by atoms with Gasteiger partial charge in [-0.15, -0.1) is 0 Å². The third-order valence-electron chi connectivity index (χ3n) is 3.78. The number of nitrogens with zero attached hydrogens (tertiary/aromatic N) is 4. The first-order chi connectivity index (χ1) is 13.2. The molecule has 11 heteroatoms. The Bertz CT molecular complexity index is 1000. The number of halogens is 3. The number of fused-ring (bicyclic) bond motifs is 1. The maximum atomic E-state index is 12.3. The van der Waals surface area contributed by atoms with Gasteiger partial charge in [-0.2, -0.15) is 18.3 Å². The minimum Gasteiger partial charge on any atom is -0.468 e. The van der Waals surface area contributed by atoms with Crippen LogP contribution < -0.4 is 15.4 Å². The maximum Gasteiger partial charge on any atom is 0.422 e. The summed E-state index contributed by atoms with van der Waals surface area (Å²) in [6.45, 7) is 0.312. The number of amides is 2. The summed E-state index contributed by atoms with van der Waals surface area (Å²) >= 11 is 0. The molecule has 2 N–H and O–H groups in total. The van der Waals surface area contributed by atoms with Crippen LogP contribution in [0.2, 0.25) is 0 Å². The van der Waals surface area contributed by atoms with Gasteiger partial charge in [-0.1, -0.05) is 6.07 Å². The second-order valence-corrected chi connectivity index (χ2v) is 5.98. The molecule has 3 rings (SSSR count). The summed E-state index contributed by atoms with van der Waals surface area (Å²) in [6.07, 6.45) is -1.67. The van der Waals surface area contributed by atoms with E-state index in [0.29, 0.717) is 16.9 Å². The van der Waals surface area contributed by atoms with Crippen molar-refractivity contribution in [1.82, 2.24) is 25.1 Å². The third-order valence-corrected chi connectivity index (χ3v) is 3.78. The normalized spacial score (nSPS) is 11.5. The molecule has 0 unspecified atom stereocenters. The van der Waals surface area contributed by atoms with Crippen LogP contribution in [-0.4, -0.2) is 38.6 Å². The molecular weight excluding hydrogens is 377 g/mol. The second-order valence-electron chi connectivity index (χ2n) is 5.98. The summed E-state index contributed by atoms with van der Waals surface area (Å²) in [4.78, 5) is 20.2. The number of alkyl halides is 3. The average Bonchev–Trinajstić information content (AvgIpc) is 2.92. The number of carbonyl (C=O) groups is 1. The first kappa shape index (κ1) is 19.4. The topological polar surface area (TPSA) is 94.0 Å². The molecule has 0 bridgehead atoms. The lowest BCUT2D eigenvalue weighted by atomic mass is 10.2. The van der Waals surface area contributed by atoms with Crippen LogP contribution in [0.1, 0.15) is 11.3 Å². The van der Waals surface area contributed by atoms with E-state index in [2.05, 4.69) is 30.4 Å². The molecule has 0 spiro atoms. The predicted molar refractivity (Wildman–Crippen MR) is 94.9 cm³/mol. The van der Waals surface area contributed by atoms with Crippen molar-refractivity contribution < 1.29 is 22.7 Å². The lowest BCUT2D eigenvalue weighted by Gasteiger charge is -2.13. The zero-order valence-electron chi connectivity index (χ0n) is 15.0. The highest BCUT2D eigenvalue weighted by atomic mass is 19.4. The van der Waals surface area contributed by atoms with E-state index in [0.717, 1.165) is 11.1 Å². The van der Waals surface area contributed by atoms with E-state index >= 15 is 0 Å². The van der Waals surface area contributed by atoms with E-state index in [1.807, 2.05) is 6.92 Å². The Morgan fingerprint density at radius 2 is 2.11 bits per heavy atom. The van der Waals surface area contributed by atoms with E-state index < -0.39 is 18.8 Å². The maximum absolute atomic E-state index is 12.3. The molecule has 0 aliphatic rings. The van der Waals surface area contributed by atoms with Gasteiger partial charge in [-0.3, -0.25) is 4.68 Å². The number of hydrogen-bond donors (Lipinski definition) is 2. The van der Waals surface area contributed by atoms with E-state index in [1.54, 1.807) is 23.9 Å². The summed E-state index contributed by atoms with van der Waals surface area (Å²) < 4.78 is 43.3. The molecule has 0 aliphatic heterocycles. The lowest BCUT2D eigenvalue weighted by Crippen LogP contribution is -2.28. The molecule has 0 aliphatic carbocycles. The first-order valence-electron chi connectivity index (χ1n) is 8.20. The molecule has 0 saturated carbocycles. The standard InChI is InChI=1S/C17H17F3N6O2/c1-10-13-6-12(8-22-14(13)26(2)25-10)24-16(27)23-7-11-4-3-5-21-15(11)28-9-17(18,19)20/h3-6,8H,7,9H2,1-2H3,(H2,23,24,27). The molecular formula is C17H17F3N6O2. The van der Waals surface area contributed by atoms with Crippen molar-refractivity contribution in [1.29, 1.82) is 0 Å². The highest BCUT2D eigenvalue weighted by Crippen LogP contribution is 2.21. The molecule has 0 fully saturated rings. The van der Waals surface area contributed by atoms with Crippen LogP contribution in [0.15, 0.2) is 30.6 Å². The largest absolute Gasteiger partial charge is 0.468 e. The van der Waals surface area contributed by atoms with Crippen molar-refractivity contribution in [2.75, 3.05) is 11.9 Å². The number of ether oxygens (including phenoxy) is 1. The summed E-state index contributed by atoms with van der Waals surface area (Å²) in [7, 11) is 1.77. The lowest BCUT2D eigenvalue weighted by molar-refractivity contribution is -0.154. The van der Waals surface area contributed by atoms with Gasteiger partial charge in [0.25, 0.3) is 0 Å². The van der Waals surface area contributed by atoms with Gasteiger partial charge in [0.2, 0.25) is 5.88 Å². The van der Waals surface area contributed by atoms with Crippen LogP contribution in [0.25, 0.3) is 11.0 Å². The van der Waals surface area contributed by atoms with Crippen molar-refractivity contribution in [3.05, 3.63) is 41.9 Å². The van der Waals surface area contributed by atoms with Gasteiger partial charge < -0.3 is 15.4 Å². The molecule has 8 nitrogen and oxygen atoms in total. The summed E-state index contributed by atoms with van der Waals surface area (Å²) in [5, 5.41) is 10.2. The summed E-state index contributed by atoms with van der Waals surface area (Å²) in [5.74, 6) is -0.186. The minimum atomic E-state index is -4.48. The van der Waals surface area contributed by atoms with Crippen molar-refractivity contribution in [2.45, 2.75) is 19.6 Å². The van der Waals surface area contributed by atoms with Gasteiger partial charge in [0.15, 0.2) is 12.3 Å². The Morgan fingerprint density at radius 3 is 2.86 bits per heavy atom. The van der Waals surface area contributed by atoms with E-state index in [9.17, 15) is 18.0 Å². The molecule has 2 amide bonds. The number of nitrogens with one attached hydrogen (secondary N) is 2. The number of hydrogen-bond acceptors (Lipinski definition) is 5. The molecule has 0 radical (unpaired) electrons. The van der Waals surface area contributed by atoms with E-state index in [1.165, 1.54) is 18.5 Å². The number of carbonyl (C=O) groups excluding carboxylic acids is 1. The van der Waals surface area contributed by atoms with E-state index in [-0.39, 0.29) is 12.4 Å². The zero-order chi connectivity index (χ0) is 20.3. The minimum absolute atomic E-state index is 0.0611. The quantitative estimate of drug-likeness (QED) is 0.694. The van der Waals surface area contributed by atoms with Crippen molar-refractivity contribution >= 4 is 22.8 Å². The predicted octanol–water partition coefficient (Wildman–Crippen LogP) is 2.93. The van der Waals surface area contributed by atoms with Crippen LogP contribution in [0.5, 0.6) is 5.88 Å². The molecule has 3 aromatic heterocycles. The summed E-state index contributed by atoms with van der Waals surface area (Å²) in [5.41, 5.74) is 2.24. The average molecular weight is 394 g/mol. The fourth-order valence-corrected chi connectivity index (χ4v) is 2.57. The molecule has 148 valence electrons. The van der Waals surface area contributed by atoms with Crippen LogP contribution in [0, 0.1) is 6.92 Å². The number of anilines is 1. The molecule has 0 atom stereocenters. The Hall–Kier alpha value is -3.37. The number of aryl methyl sites for hydroxylation is 2. The number of rotatable bonds is 5. The van der Waals surface area contributed by atoms with Gasteiger partial charge in [0.05, 0.1) is 17.6 Å². The highest BCUT2D eigenvalue weighted by molar-refractivity contribution is 5.92. The fraction of sp³-hybridized carbons (Fsp3) is 0.294. The Labute approximate surface area is 157 Å². The van der Waals surface area contributed by atoms with Crippen LogP contribution in [-0.2, 0) is 13.6 Å². The van der Waals surface area contributed by atoms with Gasteiger partial charge >= 0.3 is 12.2 Å². The number of aromatic nitrogens is 4. The fourth-order valence-electron chi connectivity index (χ4n) is 2.57. The highest BCUT2D eigenvalue weighted by Gasteiger charge is 2.29. The van der Waals surface area contributed by atoms with Crippen molar-refractivity contribution in [2.24, 2.45) is 7.05 Å². The third kappa shape index (κ3) is 4.67. The smallest absolute Gasteiger partial charge is 0.422 e.